The average Bonchev–Trinajstić information content (AvgIpc) is 2.95. The number of rotatable bonds is 3. The van der Waals surface area contributed by atoms with Gasteiger partial charge < -0.3 is 4.98 Å². The number of pyridine rings is 1. The van der Waals surface area contributed by atoms with Crippen molar-refractivity contribution in [1.82, 2.24) is 14.8 Å². The molecule has 2 aromatic heterocycles. The topological polar surface area (TPSA) is 67.8 Å². The lowest BCUT2D eigenvalue weighted by atomic mass is 10.1. The first-order valence-corrected chi connectivity index (χ1v) is 8.17. The number of carbonyl (C=O) groups excluding carboxylic acids is 1. The van der Waals surface area contributed by atoms with Gasteiger partial charge in [-0.3, -0.25) is 14.3 Å². The van der Waals surface area contributed by atoms with Crippen LogP contribution in [0.4, 0.5) is 0 Å². The molecular weight excluding hydrogens is 314 g/mol. The average molecular weight is 335 g/mol. The van der Waals surface area contributed by atoms with Gasteiger partial charge in [0.05, 0.1) is 16.8 Å². The number of benzene rings is 1. The van der Waals surface area contributed by atoms with Crippen molar-refractivity contribution in [2.45, 2.75) is 33.2 Å². The third-order valence-corrected chi connectivity index (χ3v) is 4.05. The molecule has 2 heterocycles. The van der Waals surface area contributed by atoms with Crippen LogP contribution in [0.3, 0.4) is 0 Å². The molecule has 0 unspecified atom stereocenters. The predicted octanol–water partition coefficient (Wildman–Crippen LogP) is 3.68. The lowest BCUT2D eigenvalue weighted by Crippen LogP contribution is -2.22. The molecule has 0 amide bonds. The van der Waals surface area contributed by atoms with Crippen molar-refractivity contribution in [2.24, 2.45) is 0 Å². The third-order valence-electron chi connectivity index (χ3n) is 4.05. The molecule has 0 fully saturated rings. The van der Waals surface area contributed by atoms with Gasteiger partial charge in [0.25, 0.3) is 5.56 Å². The van der Waals surface area contributed by atoms with Crippen molar-refractivity contribution < 1.29 is 4.79 Å². The highest BCUT2D eigenvalue weighted by atomic mass is 16.1. The van der Waals surface area contributed by atoms with Gasteiger partial charge in [0, 0.05) is 17.3 Å². The number of allylic oxidation sites excluding steroid dienone is 1. The number of hydrogen-bond donors (Lipinski definition) is 1. The van der Waals surface area contributed by atoms with E-state index in [1.807, 2.05) is 52.0 Å². The molecule has 0 saturated heterocycles. The number of aromatic nitrogens is 3. The second-order valence-corrected chi connectivity index (χ2v) is 7.08. The van der Waals surface area contributed by atoms with E-state index in [-0.39, 0.29) is 16.9 Å². The SMILES string of the molecule is Cc1nn(C(C)(C)C)cc1C(=O)C=Cc1cc2ccccc2[nH]c1=O. The zero-order chi connectivity index (χ0) is 18.2. The van der Waals surface area contributed by atoms with E-state index < -0.39 is 0 Å². The van der Waals surface area contributed by atoms with Gasteiger partial charge in [-0.05, 0) is 57.4 Å². The number of nitrogens with zero attached hydrogens (tertiary/aromatic N) is 2. The normalized spacial score (nSPS) is 12.2. The largest absolute Gasteiger partial charge is 0.321 e. The molecule has 3 aromatic rings. The Morgan fingerprint density at radius 2 is 1.96 bits per heavy atom. The molecule has 5 heteroatoms. The maximum Gasteiger partial charge on any atom is 0.255 e. The quantitative estimate of drug-likeness (QED) is 0.586. The van der Waals surface area contributed by atoms with Gasteiger partial charge in [-0.1, -0.05) is 18.2 Å². The summed E-state index contributed by atoms with van der Waals surface area (Å²) in [5.41, 5.74) is 2.04. The number of aromatic amines is 1. The second-order valence-electron chi connectivity index (χ2n) is 7.08. The summed E-state index contributed by atoms with van der Waals surface area (Å²) in [5.74, 6) is -0.166. The van der Waals surface area contributed by atoms with Gasteiger partial charge in [0.1, 0.15) is 0 Å². The monoisotopic (exact) mass is 335 g/mol. The van der Waals surface area contributed by atoms with Crippen molar-refractivity contribution in [2.75, 3.05) is 0 Å². The van der Waals surface area contributed by atoms with Gasteiger partial charge in [0.15, 0.2) is 5.78 Å². The summed E-state index contributed by atoms with van der Waals surface area (Å²) < 4.78 is 1.78. The van der Waals surface area contributed by atoms with Crippen LogP contribution in [0.1, 0.15) is 42.4 Å². The molecule has 5 nitrogen and oxygen atoms in total. The fourth-order valence-electron chi connectivity index (χ4n) is 2.59. The Kier molecular flexibility index (Phi) is 4.17. The smallest absolute Gasteiger partial charge is 0.255 e. The molecule has 1 aromatic carbocycles. The summed E-state index contributed by atoms with van der Waals surface area (Å²) in [6.07, 6.45) is 4.74. The summed E-state index contributed by atoms with van der Waals surface area (Å²) in [4.78, 5) is 27.5. The zero-order valence-corrected chi connectivity index (χ0v) is 14.8. The Bertz CT molecular complexity index is 1030. The maximum absolute atomic E-state index is 12.5. The number of hydrogen-bond acceptors (Lipinski definition) is 3. The van der Waals surface area contributed by atoms with E-state index in [9.17, 15) is 9.59 Å². The van der Waals surface area contributed by atoms with Crippen molar-refractivity contribution in [3.63, 3.8) is 0 Å². The highest BCUT2D eigenvalue weighted by molar-refractivity contribution is 6.07. The molecule has 0 atom stereocenters. The Morgan fingerprint density at radius 3 is 2.64 bits per heavy atom. The minimum absolute atomic E-state index is 0.166. The summed E-state index contributed by atoms with van der Waals surface area (Å²) >= 11 is 0. The molecule has 3 rings (SSSR count). The molecule has 0 aliphatic rings. The van der Waals surface area contributed by atoms with E-state index in [0.717, 1.165) is 10.9 Å². The predicted molar refractivity (Wildman–Crippen MR) is 99.9 cm³/mol. The van der Waals surface area contributed by atoms with E-state index in [0.29, 0.717) is 16.8 Å². The van der Waals surface area contributed by atoms with Gasteiger partial charge in [-0.25, -0.2) is 0 Å². The molecular formula is C20H21N3O2. The van der Waals surface area contributed by atoms with Crippen LogP contribution in [0.5, 0.6) is 0 Å². The molecule has 0 saturated carbocycles. The van der Waals surface area contributed by atoms with Crippen molar-refractivity contribution in [3.8, 4) is 0 Å². The molecule has 0 spiro atoms. The fourth-order valence-corrected chi connectivity index (χ4v) is 2.59. The molecule has 0 aliphatic heterocycles. The Labute approximate surface area is 146 Å². The van der Waals surface area contributed by atoms with Crippen LogP contribution in [0.15, 0.2) is 47.4 Å². The van der Waals surface area contributed by atoms with E-state index in [1.54, 1.807) is 23.0 Å². The van der Waals surface area contributed by atoms with Gasteiger partial charge in [-0.15, -0.1) is 0 Å². The number of para-hydroxylation sites is 1. The number of nitrogens with one attached hydrogen (secondary N) is 1. The van der Waals surface area contributed by atoms with Gasteiger partial charge in [0.2, 0.25) is 0 Å². The third kappa shape index (κ3) is 3.45. The van der Waals surface area contributed by atoms with E-state index in [1.165, 1.54) is 6.08 Å². The molecule has 25 heavy (non-hydrogen) atoms. The minimum Gasteiger partial charge on any atom is -0.321 e. The first kappa shape index (κ1) is 16.9. The number of H-pyrrole nitrogens is 1. The zero-order valence-electron chi connectivity index (χ0n) is 14.8. The minimum atomic E-state index is -0.218. The van der Waals surface area contributed by atoms with Crippen LogP contribution in [-0.2, 0) is 5.54 Å². The fraction of sp³-hybridized carbons (Fsp3) is 0.250. The van der Waals surface area contributed by atoms with E-state index in [2.05, 4.69) is 10.1 Å². The molecule has 0 aliphatic carbocycles. The van der Waals surface area contributed by atoms with E-state index in [4.69, 9.17) is 0 Å². The number of carbonyl (C=O) groups is 1. The Morgan fingerprint density at radius 1 is 1.24 bits per heavy atom. The standard InChI is InChI=1S/C20H21N3O2/c1-13-16(12-23(22-13)20(2,3)4)18(24)10-9-15-11-14-7-5-6-8-17(14)21-19(15)25/h5-12H,1-4H3,(H,21,25). The summed E-state index contributed by atoms with van der Waals surface area (Å²) in [5, 5.41) is 5.33. The van der Waals surface area contributed by atoms with Crippen LogP contribution in [-0.4, -0.2) is 20.5 Å². The van der Waals surface area contributed by atoms with Crippen LogP contribution < -0.4 is 5.56 Å². The lowest BCUT2D eigenvalue weighted by Gasteiger charge is -2.18. The Hall–Kier alpha value is -2.95. The first-order valence-electron chi connectivity index (χ1n) is 8.17. The van der Waals surface area contributed by atoms with Crippen LogP contribution in [0.25, 0.3) is 17.0 Å². The van der Waals surface area contributed by atoms with Crippen LogP contribution >= 0.6 is 0 Å². The van der Waals surface area contributed by atoms with Crippen molar-refractivity contribution in [1.29, 1.82) is 0 Å². The first-order chi connectivity index (χ1) is 11.8. The van der Waals surface area contributed by atoms with Crippen molar-refractivity contribution >= 4 is 22.8 Å². The Balaban J connectivity index is 1.92. The summed E-state index contributed by atoms with van der Waals surface area (Å²) in [6, 6.07) is 9.32. The lowest BCUT2D eigenvalue weighted by molar-refractivity contribution is 0.104. The maximum atomic E-state index is 12.5. The summed E-state index contributed by atoms with van der Waals surface area (Å²) in [6.45, 7) is 7.89. The number of fused-ring (bicyclic) bond motifs is 1. The molecule has 0 radical (unpaired) electrons. The number of aryl methyl sites for hydroxylation is 1. The highest BCUT2D eigenvalue weighted by Crippen LogP contribution is 2.17. The van der Waals surface area contributed by atoms with Crippen LogP contribution in [0.2, 0.25) is 0 Å². The number of ketones is 1. The van der Waals surface area contributed by atoms with Crippen molar-refractivity contribution in [3.05, 3.63) is 69.8 Å². The molecule has 128 valence electrons. The van der Waals surface area contributed by atoms with Crippen LogP contribution in [0, 0.1) is 6.92 Å². The summed E-state index contributed by atoms with van der Waals surface area (Å²) in [7, 11) is 0. The van der Waals surface area contributed by atoms with Gasteiger partial charge >= 0.3 is 0 Å². The highest BCUT2D eigenvalue weighted by Gasteiger charge is 2.18. The second kappa shape index (κ2) is 6.16. The van der Waals surface area contributed by atoms with Gasteiger partial charge in [-0.2, -0.15) is 5.10 Å². The van der Waals surface area contributed by atoms with E-state index >= 15 is 0 Å². The molecule has 0 bridgehead atoms. The molecule has 1 N–H and O–H groups in total.